The van der Waals surface area contributed by atoms with Crippen LogP contribution in [0.25, 0.3) is 0 Å². The van der Waals surface area contributed by atoms with Crippen molar-refractivity contribution in [2.75, 3.05) is 6.61 Å². The number of hydrogen-bond donors (Lipinski definition) is 0. The van der Waals surface area contributed by atoms with Crippen LogP contribution in [-0.2, 0) is 12.8 Å². The van der Waals surface area contributed by atoms with Crippen molar-refractivity contribution in [3.8, 4) is 5.75 Å². The molecule has 0 amide bonds. The minimum Gasteiger partial charge on any atom is -0.491 e. The fourth-order valence-electron chi connectivity index (χ4n) is 2.93. The predicted molar refractivity (Wildman–Crippen MR) is 81.9 cm³/mol. The van der Waals surface area contributed by atoms with E-state index in [0.717, 1.165) is 41.7 Å². The van der Waals surface area contributed by atoms with E-state index in [1.165, 1.54) is 29.5 Å². The smallest absolute Gasteiger partial charge is 0.141 e. The van der Waals surface area contributed by atoms with Crippen LogP contribution in [-0.4, -0.2) is 6.61 Å². The number of benzene rings is 2. The number of hydrogen-bond acceptors (Lipinski definition) is 1. The molecule has 1 aliphatic heterocycles. The number of fused-ring (bicyclic) bond motifs is 1. The second kappa shape index (κ2) is 4.82. The van der Waals surface area contributed by atoms with Crippen LogP contribution in [0.2, 0.25) is 5.02 Å². The lowest BCUT2D eigenvalue weighted by molar-refractivity contribution is 0.356. The molecule has 1 aliphatic carbocycles. The molecule has 2 aromatic rings. The molecule has 0 spiro atoms. The van der Waals surface area contributed by atoms with Crippen LogP contribution in [0.4, 0.5) is 0 Å². The Hall–Kier alpha value is -1.47. The largest absolute Gasteiger partial charge is 0.491 e. The molecule has 0 atom stereocenters. The molecular weight excluding hydrogens is 268 g/mol. The van der Waals surface area contributed by atoms with Gasteiger partial charge in [0.15, 0.2) is 0 Å². The first kappa shape index (κ1) is 12.3. The summed E-state index contributed by atoms with van der Waals surface area (Å²) in [5.74, 6) is 1.72. The number of halogens is 1. The summed E-state index contributed by atoms with van der Waals surface area (Å²) in [6, 6.07) is 13.3. The van der Waals surface area contributed by atoms with Gasteiger partial charge in [0.2, 0.25) is 0 Å². The number of rotatable bonds is 3. The van der Waals surface area contributed by atoms with Crippen molar-refractivity contribution in [3.05, 3.63) is 63.7 Å². The van der Waals surface area contributed by atoms with Gasteiger partial charge in [0.25, 0.3) is 0 Å². The molecule has 0 bridgehead atoms. The van der Waals surface area contributed by atoms with E-state index in [1.54, 1.807) is 0 Å². The van der Waals surface area contributed by atoms with Crippen LogP contribution < -0.4 is 4.74 Å². The van der Waals surface area contributed by atoms with Gasteiger partial charge in [0.05, 0.1) is 11.6 Å². The molecule has 102 valence electrons. The standard InChI is InChI=1S/C18H17ClO/c19-17-16(8-7-15-9-10-20-18(15)17)11-12-1-3-13(4-2-12)14-5-6-14/h1-4,7-8,14H,5-6,9-11H2. The molecule has 2 aliphatic rings. The van der Waals surface area contributed by atoms with E-state index >= 15 is 0 Å². The Morgan fingerprint density at radius 1 is 1.05 bits per heavy atom. The maximum Gasteiger partial charge on any atom is 0.141 e. The van der Waals surface area contributed by atoms with E-state index in [-0.39, 0.29) is 0 Å². The first-order valence-electron chi connectivity index (χ1n) is 7.33. The fourth-order valence-corrected chi connectivity index (χ4v) is 3.24. The van der Waals surface area contributed by atoms with Crippen LogP contribution in [0.15, 0.2) is 36.4 Å². The Kier molecular flexibility index (Phi) is 2.96. The summed E-state index contributed by atoms with van der Waals surface area (Å²) in [6.45, 7) is 0.759. The summed E-state index contributed by atoms with van der Waals surface area (Å²) < 4.78 is 5.63. The third-order valence-electron chi connectivity index (χ3n) is 4.30. The second-order valence-corrected chi connectivity index (χ2v) is 6.20. The Labute approximate surface area is 124 Å². The van der Waals surface area contributed by atoms with Crippen molar-refractivity contribution in [2.45, 2.75) is 31.6 Å². The molecule has 1 nitrogen and oxygen atoms in total. The van der Waals surface area contributed by atoms with Crippen molar-refractivity contribution in [2.24, 2.45) is 0 Å². The van der Waals surface area contributed by atoms with Gasteiger partial charge in [-0.15, -0.1) is 0 Å². The Bertz CT molecular complexity index is 641. The summed E-state index contributed by atoms with van der Waals surface area (Å²) in [7, 11) is 0. The summed E-state index contributed by atoms with van der Waals surface area (Å²) in [4.78, 5) is 0. The summed E-state index contributed by atoms with van der Waals surface area (Å²) in [5.41, 5.74) is 5.20. The van der Waals surface area contributed by atoms with E-state index in [9.17, 15) is 0 Å². The maximum atomic E-state index is 6.47. The fraction of sp³-hybridized carbons (Fsp3) is 0.333. The first-order valence-corrected chi connectivity index (χ1v) is 7.71. The molecule has 0 unspecified atom stereocenters. The lowest BCUT2D eigenvalue weighted by Gasteiger charge is -2.09. The molecule has 2 heteroatoms. The van der Waals surface area contributed by atoms with E-state index < -0.39 is 0 Å². The first-order chi connectivity index (χ1) is 9.81. The Balaban J connectivity index is 1.59. The predicted octanol–water partition coefficient (Wildman–Crippen LogP) is 4.74. The normalized spacial score (nSPS) is 16.9. The zero-order chi connectivity index (χ0) is 13.5. The van der Waals surface area contributed by atoms with Crippen molar-refractivity contribution >= 4 is 11.6 Å². The van der Waals surface area contributed by atoms with Gasteiger partial charge in [-0.25, -0.2) is 0 Å². The van der Waals surface area contributed by atoms with E-state index in [2.05, 4.69) is 36.4 Å². The molecule has 0 saturated heterocycles. The van der Waals surface area contributed by atoms with E-state index in [4.69, 9.17) is 16.3 Å². The zero-order valence-corrected chi connectivity index (χ0v) is 12.1. The second-order valence-electron chi connectivity index (χ2n) is 5.82. The van der Waals surface area contributed by atoms with E-state index in [0.29, 0.717) is 0 Å². The van der Waals surface area contributed by atoms with Crippen molar-refractivity contribution < 1.29 is 4.74 Å². The van der Waals surface area contributed by atoms with Gasteiger partial charge in [-0.1, -0.05) is 48.0 Å². The molecule has 0 aromatic heterocycles. The lowest BCUT2D eigenvalue weighted by atomic mass is 10.0. The maximum absolute atomic E-state index is 6.47. The van der Waals surface area contributed by atoms with Gasteiger partial charge >= 0.3 is 0 Å². The minimum atomic E-state index is 0.759. The molecule has 1 heterocycles. The summed E-state index contributed by atoms with van der Waals surface area (Å²) in [5, 5.41) is 0.797. The van der Waals surface area contributed by atoms with Gasteiger partial charge in [0.1, 0.15) is 5.75 Å². The van der Waals surface area contributed by atoms with Crippen molar-refractivity contribution in [3.63, 3.8) is 0 Å². The average molecular weight is 285 g/mol. The molecular formula is C18H17ClO. The summed E-state index contributed by atoms with van der Waals surface area (Å²) in [6.07, 6.45) is 4.56. The Morgan fingerprint density at radius 2 is 1.85 bits per heavy atom. The highest BCUT2D eigenvalue weighted by atomic mass is 35.5. The van der Waals surface area contributed by atoms with Crippen LogP contribution in [0, 0.1) is 0 Å². The molecule has 20 heavy (non-hydrogen) atoms. The average Bonchev–Trinajstić information content (AvgIpc) is 3.20. The molecule has 0 N–H and O–H groups in total. The lowest BCUT2D eigenvalue weighted by Crippen LogP contribution is -1.93. The van der Waals surface area contributed by atoms with Crippen molar-refractivity contribution in [1.82, 2.24) is 0 Å². The third-order valence-corrected chi connectivity index (χ3v) is 4.71. The minimum absolute atomic E-state index is 0.759. The van der Waals surface area contributed by atoms with Crippen LogP contribution in [0.1, 0.15) is 41.0 Å². The monoisotopic (exact) mass is 284 g/mol. The van der Waals surface area contributed by atoms with Gasteiger partial charge in [0, 0.05) is 6.42 Å². The number of ether oxygens (including phenoxy) is 1. The molecule has 2 aromatic carbocycles. The van der Waals surface area contributed by atoms with Gasteiger partial charge in [-0.3, -0.25) is 0 Å². The van der Waals surface area contributed by atoms with E-state index in [1.807, 2.05) is 0 Å². The molecule has 1 saturated carbocycles. The molecule has 1 fully saturated rings. The highest BCUT2D eigenvalue weighted by Crippen LogP contribution is 2.40. The molecule has 4 rings (SSSR count). The Morgan fingerprint density at radius 3 is 2.60 bits per heavy atom. The summed E-state index contributed by atoms with van der Waals surface area (Å²) >= 11 is 6.47. The third kappa shape index (κ3) is 2.20. The van der Waals surface area contributed by atoms with Crippen LogP contribution in [0.5, 0.6) is 5.75 Å². The highest BCUT2D eigenvalue weighted by Gasteiger charge is 2.23. The van der Waals surface area contributed by atoms with Gasteiger partial charge in [-0.05, 0) is 47.4 Å². The topological polar surface area (TPSA) is 9.23 Å². The van der Waals surface area contributed by atoms with Crippen LogP contribution in [0.3, 0.4) is 0 Å². The zero-order valence-electron chi connectivity index (χ0n) is 11.4. The quantitative estimate of drug-likeness (QED) is 0.791. The highest BCUT2D eigenvalue weighted by molar-refractivity contribution is 6.33. The van der Waals surface area contributed by atoms with Crippen LogP contribution >= 0.6 is 11.6 Å². The van der Waals surface area contributed by atoms with Crippen molar-refractivity contribution in [1.29, 1.82) is 0 Å². The SMILES string of the molecule is Clc1c(Cc2ccc(C3CC3)cc2)ccc2c1OCC2. The molecule has 0 radical (unpaired) electrons. The van der Waals surface area contributed by atoms with Gasteiger partial charge in [-0.2, -0.15) is 0 Å². The van der Waals surface area contributed by atoms with Gasteiger partial charge < -0.3 is 4.74 Å².